The summed E-state index contributed by atoms with van der Waals surface area (Å²) in [5.41, 5.74) is 2.82. The van der Waals surface area contributed by atoms with Crippen molar-refractivity contribution in [2.24, 2.45) is 0 Å². The van der Waals surface area contributed by atoms with E-state index in [1.54, 1.807) is 30.2 Å². The number of nitrogens with one attached hydrogen (secondary N) is 1. The standard InChI is InChI=1S/C24H22N2O2S2/c1-28-19-11-13-20(14-12-19)29-15-5-10-23(27)25-18-7-4-6-17(16-18)24-26-21-8-2-3-9-22(21)30-24/h2-4,6-9,11-14,16H,5,10,15H2,1H3,(H,25,27). The minimum atomic E-state index is 0.0341. The van der Waals surface area contributed by atoms with Crippen LogP contribution in [-0.4, -0.2) is 23.8 Å². The number of carbonyl (C=O) groups is 1. The third-order valence-corrected chi connectivity index (χ3v) is 6.75. The Hall–Kier alpha value is -2.83. The maximum atomic E-state index is 12.3. The van der Waals surface area contributed by atoms with Crippen LogP contribution in [0.5, 0.6) is 5.75 Å². The van der Waals surface area contributed by atoms with Crippen LogP contribution in [0.15, 0.2) is 77.7 Å². The molecule has 30 heavy (non-hydrogen) atoms. The Morgan fingerprint density at radius 2 is 1.90 bits per heavy atom. The van der Waals surface area contributed by atoms with Crippen LogP contribution in [0.25, 0.3) is 20.8 Å². The number of nitrogens with zero attached hydrogens (tertiary/aromatic N) is 1. The lowest BCUT2D eigenvalue weighted by atomic mass is 10.2. The van der Waals surface area contributed by atoms with Crippen LogP contribution >= 0.6 is 23.1 Å². The Balaban J connectivity index is 1.29. The van der Waals surface area contributed by atoms with Crippen molar-refractivity contribution in [3.8, 4) is 16.3 Å². The van der Waals surface area contributed by atoms with Gasteiger partial charge in [-0.05, 0) is 60.7 Å². The highest BCUT2D eigenvalue weighted by Crippen LogP contribution is 2.31. The molecule has 0 aliphatic carbocycles. The van der Waals surface area contributed by atoms with E-state index in [4.69, 9.17) is 9.72 Å². The topological polar surface area (TPSA) is 51.2 Å². The lowest BCUT2D eigenvalue weighted by Gasteiger charge is -2.07. The highest BCUT2D eigenvalue weighted by molar-refractivity contribution is 7.99. The summed E-state index contributed by atoms with van der Waals surface area (Å²) in [5, 5.41) is 3.97. The molecule has 0 aliphatic heterocycles. The number of hydrogen-bond donors (Lipinski definition) is 1. The maximum absolute atomic E-state index is 12.3. The van der Waals surface area contributed by atoms with E-state index < -0.39 is 0 Å². The number of rotatable bonds is 8. The van der Waals surface area contributed by atoms with Crippen molar-refractivity contribution >= 4 is 44.9 Å². The smallest absolute Gasteiger partial charge is 0.224 e. The van der Waals surface area contributed by atoms with E-state index in [1.165, 1.54) is 4.90 Å². The minimum absolute atomic E-state index is 0.0341. The normalized spacial score (nSPS) is 10.8. The SMILES string of the molecule is COc1ccc(SCCCC(=O)Nc2cccc(-c3nc4ccccc4s3)c2)cc1. The predicted molar refractivity (Wildman–Crippen MR) is 127 cm³/mol. The molecule has 0 fully saturated rings. The number of ether oxygens (including phenoxy) is 1. The third-order valence-electron chi connectivity index (χ3n) is 4.56. The fraction of sp³-hybridized carbons (Fsp3) is 0.167. The molecule has 152 valence electrons. The molecule has 4 aromatic rings. The largest absolute Gasteiger partial charge is 0.497 e. The van der Waals surface area contributed by atoms with E-state index in [0.29, 0.717) is 6.42 Å². The van der Waals surface area contributed by atoms with Crippen LogP contribution in [0, 0.1) is 0 Å². The first-order chi connectivity index (χ1) is 14.7. The Morgan fingerprint density at radius 1 is 1.07 bits per heavy atom. The van der Waals surface area contributed by atoms with Gasteiger partial charge < -0.3 is 10.1 Å². The molecule has 0 atom stereocenters. The third kappa shape index (κ3) is 5.20. The molecule has 0 saturated heterocycles. The Bertz CT molecular complexity index is 1110. The molecule has 4 nitrogen and oxygen atoms in total. The summed E-state index contributed by atoms with van der Waals surface area (Å²) < 4.78 is 6.33. The maximum Gasteiger partial charge on any atom is 0.224 e. The molecule has 6 heteroatoms. The average Bonchev–Trinajstić information content (AvgIpc) is 3.22. The van der Waals surface area contributed by atoms with Crippen molar-refractivity contribution in [3.05, 3.63) is 72.8 Å². The lowest BCUT2D eigenvalue weighted by molar-refractivity contribution is -0.116. The molecule has 0 saturated carbocycles. The number of aromatic nitrogens is 1. The number of carbonyl (C=O) groups excluding carboxylic acids is 1. The van der Waals surface area contributed by atoms with E-state index in [0.717, 1.165) is 44.4 Å². The molecule has 1 amide bonds. The van der Waals surface area contributed by atoms with Crippen molar-refractivity contribution in [1.29, 1.82) is 0 Å². The number of methoxy groups -OCH3 is 1. The van der Waals surface area contributed by atoms with E-state index in [2.05, 4.69) is 11.4 Å². The molecule has 1 aromatic heterocycles. The molecule has 4 rings (SSSR count). The van der Waals surface area contributed by atoms with Crippen molar-refractivity contribution < 1.29 is 9.53 Å². The van der Waals surface area contributed by atoms with Gasteiger partial charge in [0.2, 0.25) is 5.91 Å². The van der Waals surface area contributed by atoms with Gasteiger partial charge in [0, 0.05) is 22.6 Å². The van der Waals surface area contributed by atoms with Gasteiger partial charge in [0.1, 0.15) is 10.8 Å². The van der Waals surface area contributed by atoms with Gasteiger partial charge in [-0.25, -0.2) is 4.98 Å². The second kappa shape index (κ2) is 9.78. The quantitative estimate of drug-likeness (QED) is 0.255. The summed E-state index contributed by atoms with van der Waals surface area (Å²) in [6.45, 7) is 0. The van der Waals surface area contributed by atoms with E-state index in [9.17, 15) is 4.79 Å². The van der Waals surface area contributed by atoms with Gasteiger partial charge in [-0.3, -0.25) is 4.79 Å². The summed E-state index contributed by atoms with van der Waals surface area (Å²) in [4.78, 5) is 18.2. The number of fused-ring (bicyclic) bond motifs is 1. The second-order valence-corrected chi connectivity index (χ2v) is 8.94. The average molecular weight is 435 g/mol. The van der Waals surface area contributed by atoms with Crippen LogP contribution in [0.3, 0.4) is 0 Å². The summed E-state index contributed by atoms with van der Waals surface area (Å²) >= 11 is 3.41. The van der Waals surface area contributed by atoms with Crippen LogP contribution in [0.4, 0.5) is 5.69 Å². The van der Waals surface area contributed by atoms with Gasteiger partial charge in [-0.15, -0.1) is 23.1 Å². The predicted octanol–water partition coefficient (Wildman–Crippen LogP) is 6.48. The fourth-order valence-corrected chi connectivity index (χ4v) is 4.86. The lowest BCUT2D eigenvalue weighted by Crippen LogP contribution is -2.11. The van der Waals surface area contributed by atoms with E-state index >= 15 is 0 Å². The number of thioether (sulfide) groups is 1. The first-order valence-corrected chi connectivity index (χ1v) is 11.5. The number of anilines is 1. The second-order valence-electron chi connectivity index (χ2n) is 6.74. The fourth-order valence-electron chi connectivity index (χ4n) is 3.04. The molecular formula is C24H22N2O2S2. The Labute approximate surface area is 184 Å². The first-order valence-electron chi connectivity index (χ1n) is 9.74. The van der Waals surface area contributed by atoms with Crippen LogP contribution in [-0.2, 0) is 4.79 Å². The van der Waals surface area contributed by atoms with Gasteiger partial charge in [0.15, 0.2) is 0 Å². The van der Waals surface area contributed by atoms with Gasteiger partial charge in [0.25, 0.3) is 0 Å². The molecule has 0 radical (unpaired) electrons. The number of benzene rings is 3. The Kier molecular flexibility index (Phi) is 6.67. The summed E-state index contributed by atoms with van der Waals surface area (Å²) in [6, 6.07) is 24.0. The van der Waals surface area contributed by atoms with Gasteiger partial charge in [0.05, 0.1) is 17.3 Å². The molecule has 0 aliphatic rings. The molecule has 3 aromatic carbocycles. The number of amides is 1. The zero-order chi connectivity index (χ0) is 20.8. The van der Waals surface area contributed by atoms with Gasteiger partial charge in [-0.2, -0.15) is 0 Å². The summed E-state index contributed by atoms with van der Waals surface area (Å²) in [5.74, 6) is 1.78. The van der Waals surface area contributed by atoms with Crippen molar-refractivity contribution in [3.63, 3.8) is 0 Å². The summed E-state index contributed by atoms with van der Waals surface area (Å²) in [7, 11) is 1.66. The molecular weight excluding hydrogens is 412 g/mol. The van der Waals surface area contributed by atoms with Crippen molar-refractivity contribution in [2.75, 3.05) is 18.2 Å². The molecule has 0 bridgehead atoms. The van der Waals surface area contributed by atoms with Crippen molar-refractivity contribution in [1.82, 2.24) is 4.98 Å². The Morgan fingerprint density at radius 3 is 2.70 bits per heavy atom. The highest BCUT2D eigenvalue weighted by atomic mass is 32.2. The molecule has 1 N–H and O–H groups in total. The van der Waals surface area contributed by atoms with Crippen LogP contribution in [0.1, 0.15) is 12.8 Å². The van der Waals surface area contributed by atoms with Crippen molar-refractivity contribution in [2.45, 2.75) is 17.7 Å². The number of thiazole rings is 1. The van der Waals surface area contributed by atoms with E-state index in [1.807, 2.05) is 66.7 Å². The molecule has 1 heterocycles. The van der Waals surface area contributed by atoms with E-state index in [-0.39, 0.29) is 5.91 Å². The van der Waals surface area contributed by atoms with Crippen LogP contribution < -0.4 is 10.1 Å². The minimum Gasteiger partial charge on any atom is -0.497 e. The number of hydrogen-bond acceptors (Lipinski definition) is 5. The zero-order valence-corrected chi connectivity index (χ0v) is 18.3. The molecule has 0 unspecified atom stereocenters. The first kappa shape index (κ1) is 20.4. The highest BCUT2D eigenvalue weighted by Gasteiger charge is 2.08. The summed E-state index contributed by atoms with van der Waals surface area (Å²) in [6.07, 6.45) is 1.31. The number of para-hydroxylation sites is 1. The van der Waals surface area contributed by atoms with Crippen LogP contribution in [0.2, 0.25) is 0 Å². The monoisotopic (exact) mass is 434 g/mol. The molecule has 0 spiro atoms. The van der Waals surface area contributed by atoms with Gasteiger partial charge in [-0.1, -0.05) is 24.3 Å². The van der Waals surface area contributed by atoms with Gasteiger partial charge >= 0.3 is 0 Å². The zero-order valence-electron chi connectivity index (χ0n) is 16.6.